The fraction of sp³-hybridized carbons (Fsp3) is 0.462. The van der Waals surface area contributed by atoms with Gasteiger partial charge in [0.1, 0.15) is 0 Å². The molecule has 0 unspecified atom stereocenters. The van der Waals surface area contributed by atoms with Gasteiger partial charge >= 0.3 is 0 Å². The third-order valence-electron chi connectivity index (χ3n) is 3.10. The number of benzene rings is 1. The third kappa shape index (κ3) is 3.20. The van der Waals surface area contributed by atoms with E-state index in [9.17, 15) is 0 Å². The zero-order valence-corrected chi connectivity index (χ0v) is 10.2. The summed E-state index contributed by atoms with van der Waals surface area (Å²) < 4.78 is 5.34. The molecular formula is C13H19N3O. The van der Waals surface area contributed by atoms with Crippen LogP contribution in [0.3, 0.4) is 0 Å². The Labute approximate surface area is 102 Å². The number of nitrogens with zero attached hydrogens (tertiary/aromatic N) is 2. The first-order valence-corrected chi connectivity index (χ1v) is 5.97. The van der Waals surface area contributed by atoms with Crippen LogP contribution in [0.2, 0.25) is 0 Å². The van der Waals surface area contributed by atoms with Crippen LogP contribution in [0.4, 0.5) is 5.69 Å². The molecule has 0 saturated carbocycles. The van der Waals surface area contributed by atoms with E-state index in [0.29, 0.717) is 12.0 Å². The van der Waals surface area contributed by atoms with E-state index in [4.69, 9.17) is 10.5 Å². The molecule has 1 fully saturated rings. The van der Waals surface area contributed by atoms with Crippen LogP contribution in [-0.2, 0) is 4.74 Å². The van der Waals surface area contributed by atoms with Crippen LogP contribution < -0.4 is 5.73 Å². The third-order valence-corrected chi connectivity index (χ3v) is 3.10. The van der Waals surface area contributed by atoms with E-state index in [-0.39, 0.29) is 0 Å². The Morgan fingerprint density at radius 3 is 2.59 bits per heavy atom. The first kappa shape index (κ1) is 11.9. The van der Waals surface area contributed by atoms with E-state index in [1.54, 1.807) is 0 Å². The number of ether oxygens (including phenoxy) is 1. The van der Waals surface area contributed by atoms with Crippen molar-refractivity contribution in [2.45, 2.75) is 18.9 Å². The van der Waals surface area contributed by atoms with Gasteiger partial charge in [0.25, 0.3) is 0 Å². The van der Waals surface area contributed by atoms with Gasteiger partial charge in [0.2, 0.25) is 0 Å². The molecule has 0 amide bonds. The van der Waals surface area contributed by atoms with Crippen LogP contribution in [0.1, 0.15) is 12.8 Å². The largest absolute Gasteiger partial charge is 0.381 e. The van der Waals surface area contributed by atoms with Gasteiger partial charge in [0.05, 0.1) is 5.69 Å². The number of rotatable bonds is 2. The summed E-state index contributed by atoms with van der Waals surface area (Å²) in [5.41, 5.74) is 6.91. The standard InChI is InChI=1S/C13H19N3O/c1-16(12-7-9-17-10-8-12)13(14)15-11-5-3-2-4-6-11/h2-6,12H,7-10H2,1H3,(H2,14,15). The topological polar surface area (TPSA) is 50.8 Å². The lowest BCUT2D eigenvalue weighted by molar-refractivity contribution is 0.0603. The first-order chi connectivity index (χ1) is 8.27. The minimum absolute atomic E-state index is 0.441. The second kappa shape index (κ2) is 5.68. The number of para-hydroxylation sites is 1. The highest BCUT2D eigenvalue weighted by atomic mass is 16.5. The van der Waals surface area contributed by atoms with Crippen LogP contribution in [0.15, 0.2) is 35.3 Å². The molecule has 4 nitrogen and oxygen atoms in total. The second-order valence-corrected chi connectivity index (χ2v) is 4.26. The fourth-order valence-electron chi connectivity index (χ4n) is 1.97. The molecule has 4 heteroatoms. The highest BCUT2D eigenvalue weighted by molar-refractivity contribution is 5.81. The zero-order valence-electron chi connectivity index (χ0n) is 10.2. The van der Waals surface area contributed by atoms with E-state index < -0.39 is 0 Å². The Hall–Kier alpha value is -1.55. The molecule has 1 aromatic carbocycles. The summed E-state index contributed by atoms with van der Waals surface area (Å²) in [6, 6.07) is 10.2. The molecule has 0 bridgehead atoms. The van der Waals surface area contributed by atoms with E-state index in [0.717, 1.165) is 31.7 Å². The molecule has 1 heterocycles. The quantitative estimate of drug-likeness (QED) is 0.625. The van der Waals surface area contributed by atoms with Gasteiger partial charge in [0, 0.05) is 26.3 Å². The number of hydrogen-bond donors (Lipinski definition) is 1. The van der Waals surface area contributed by atoms with Crippen molar-refractivity contribution in [3.8, 4) is 0 Å². The van der Waals surface area contributed by atoms with Crippen molar-refractivity contribution in [1.29, 1.82) is 0 Å². The Morgan fingerprint density at radius 2 is 1.94 bits per heavy atom. The van der Waals surface area contributed by atoms with Crippen LogP contribution >= 0.6 is 0 Å². The number of aliphatic imine (C=N–C) groups is 1. The fourth-order valence-corrected chi connectivity index (χ4v) is 1.97. The Morgan fingerprint density at radius 1 is 1.29 bits per heavy atom. The van der Waals surface area contributed by atoms with Crippen molar-refractivity contribution in [1.82, 2.24) is 4.90 Å². The van der Waals surface area contributed by atoms with E-state index in [1.165, 1.54) is 0 Å². The van der Waals surface area contributed by atoms with Gasteiger partial charge in [-0.2, -0.15) is 0 Å². The van der Waals surface area contributed by atoms with Gasteiger partial charge in [-0.3, -0.25) is 0 Å². The molecule has 1 aliphatic heterocycles. The molecule has 0 spiro atoms. The van der Waals surface area contributed by atoms with Gasteiger partial charge < -0.3 is 15.4 Å². The van der Waals surface area contributed by atoms with Gasteiger partial charge in [-0.1, -0.05) is 18.2 Å². The summed E-state index contributed by atoms with van der Waals surface area (Å²) in [7, 11) is 2.00. The normalized spacial score (nSPS) is 18.1. The molecule has 0 radical (unpaired) electrons. The van der Waals surface area contributed by atoms with Crippen LogP contribution in [0.5, 0.6) is 0 Å². The predicted octanol–water partition coefficient (Wildman–Crippen LogP) is 1.74. The van der Waals surface area contributed by atoms with E-state index in [1.807, 2.05) is 37.4 Å². The highest BCUT2D eigenvalue weighted by Crippen LogP contribution is 2.15. The molecular weight excluding hydrogens is 214 g/mol. The molecule has 0 atom stereocenters. The summed E-state index contributed by atoms with van der Waals surface area (Å²) in [6.45, 7) is 1.63. The van der Waals surface area contributed by atoms with E-state index >= 15 is 0 Å². The molecule has 92 valence electrons. The molecule has 2 N–H and O–H groups in total. The predicted molar refractivity (Wildman–Crippen MR) is 69.3 cm³/mol. The minimum atomic E-state index is 0.441. The molecule has 0 aromatic heterocycles. The summed E-state index contributed by atoms with van der Waals surface area (Å²) >= 11 is 0. The molecule has 1 aliphatic rings. The second-order valence-electron chi connectivity index (χ2n) is 4.26. The SMILES string of the molecule is CN(C(N)=Nc1ccccc1)C1CCOCC1. The van der Waals surface area contributed by atoms with Gasteiger partial charge in [0.15, 0.2) is 5.96 Å². The van der Waals surface area contributed by atoms with Gasteiger partial charge in [-0.25, -0.2) is 4.99 Å². The van der Waals surface area contributed by atoms with Crippen LogP contribution in [-0.4, -0.2) is 37.2 Å². The van der Waals surface area contributed by atoms with E-state index in [2.05, 4.69) is 9.89 Å². The Bertz CT molecular complexity index is 372. The average Bonchev–Trinajstić information content (AvgIpc) is 2.40. The molecule has 1 aromatic rings. The average molecular weight is 233 g/mol. The van der Waals surface area contributed by atoms with Crippen LogP contribution in [0, 0.1) is 0 Å². The maximum Gasteiger partial charge on any atom is 0.196 e. The lowest BCUT2D eigenvalue weighted by atomic mass is 10.1. The molecule has 2 rings (SSSR count). The minimum Gasteiger partial charge on any atom is -0.381 e. The van der Waals surface area contributed by atoms with Crippen molar-refractivity contribution in [2.75, 3.05) is 20.3 Å². The number of guanidine groups is 1. The Balaban J connectivity index is 2.03. The molecule has 0 aliphatic carbocycles. The summed E-state index contributed by atoms with van der Waals surface area (Å²) in [6.07, 6.45) is 2.03. The van der Waals surface area contributed by atoms with Crippen molar-refractivity contribution in [2.24, 2.45) is 10.7 Å². The van der Waals surface area contributed by atoms with Gasteiger partial charge in [-0.15, -0.1) is 0 Å². The molecule has 17 heavy (non-hydrogen) atoms. The van der Waals surface area contributed by atoms with Crippen molar-refractivity contribution in [3.63, 3.8) is 0 Å². The maximum absolute atomic E-state index is 6.02. The monoisotopic (exact) mass is 233 g/mol. The number of nitrogens with two attached hydrogens (primary N) is 1. The van der Waals surface area contributed by atoms with Crippen molar-refractivity contribution in [3.05, 3.63) is 30.3 Å². The maximum atomic E-state index is 6.02. The molecule has 1 saturated heterocycles. The van der Waals surface area contributed by atoms with Crippen molar-refractivity contribution < 1.29 is 4.74 Å². The zero-order chi connectivity index (χ0) is 12.1. The Kier molecular flexibility index (Phi) is 3.98. The lowest BCUT2D eigenvalue weighted by Gasteiger charge is -2.31. The summed E-state index contributed by atoms with van der Waals surface area (Å²) in [4.78, 5) is 6.46. The smallest absolute Gasteiger partial charge is 0.196 e. The summed E-state index contributed by atoms with van der Waals surface area (Å²) in [5.74, 6) is 0.572. The summed E-state index contributed by atoms with van der Waals surface area (Å²) in [5, 5.41) is 0. The van der Waals surface area contributed by atoms with Crippen LogP contribution in [0.25, 0.3) is 0 Å². The highest BCUT2D eigenvalue weighted by Gasteiger charge is 2.19. The van der Waals surface area contributed by atoms with Gasteiger partial charge in [-0.05, 0) is 25.0 Å². The number of hydrogen-bond acceptors (Lipinski definition) is 2. The lowest BCUT2D eigenvalue weighted by Crippen LogP contribution is -2.44. The first-order valence-electron chi connectivity index (χ1n) is 5.97. The van der Waals surface area contributed by atoms with Crippen molar-refractivity contribution >= 4 is 11.6 Å².